The second-order valence-electron chi connectivity index (χ2n) is 4.46. The molecule has 0 aromatic heterocycles. The third-order valence-electron chi connectivity index (χ3n) is 3.04. The molecule has 0 radical (unpaired) electrons. The Kier molecular flexibility index (Phi) is 4.99. The fraction of sp³-hybridized carbons (Fsp3) is 0.176. The lowest BCUT2D eigenvalue weighted by Gasteiger charge is -2.11. The average Bonchev–Trinajstić information content (AvgIpc) is 2.59. The molecule has 2 aromatic rings. The monoisotopic (exact) mass is 297 g/mol. The quantitative estimate of drug-likeness (QED) is 0.794. The first-order valence-corrected chi connectivity index (χ1v) is 6.56. The highest BCUT2D eigenvalue weighted by atomic mass is 16.5. The van der Waals surface area contributed by atoms with Crippen LogP contribution in [0.25, 0.3) is 0 Å². The van der Waals surface area contributed by atoms with Gasteiger partial charge in [0, 0.05) is 6.07 Å². The zero-order valence-electron chi connectivity index (χ0n) is 12.3. The number of hydrogen-bond donors (Lipinski definition) is 0. The molecule has 0 fully saturated rings. The first-order chi connectivity index (χ1) is 10.7. The lowest BCUT2D eigenvalue weighted by Crippen LogP contribution is -2.03. The topological polar surface area (TPSA) is 68.5 Å². The summed E-state index contributed by atoms with van der Waals surface area (Å²) in [6.45, 7) is 0.271. The van der Waals surface area contributed by atoms with Crippen molar-refractivity contribution in [3.63, 3.8) is 0 Å². The maximum absolute atomic E-state index is 11.5. The van der Waals surface area contributed by atoms with Crippen molar-refractivity contribution in [3.05, 3.63) is 59.2 Å². The Morgan fingerprint density at radius 2 is 1.95 bits per heavy atom. The molecule has 2 aromatic carbocycles. The highest BCUT2D eigenvalue weighted by molar-refractivity contribution is 5.89. The fourth-order valence-corrected chi connectivity index (χ4v) is 1.92. The Labute approximate surface area is 128 Å². The van der Waals surface area contributed by atoms with E-state index in [0.29, 0.717) is 22.6 Å². The number of ether oxygens (including phenoxy) is 3. The first-order valence-electron chi connectivity index (χ1n) is 6.56. The van der Waals surface area contributed by atoms with Crippen LogP contribution >= 0.6 is 0 Å². The predicted molar refractivity (Wildman–Crippen MR) is 79.8 cm³/mol. The van der Waals surface area contributed by atoms with E-state index in [0.717, 1.165) is 5.56 Å². The van der Waals surface area contributed by atoms with Gasteiger partial charge in [0.25, 0.3) is 0 Å². The minimum absolute atomic E-state index is 0.271. The summed E-state index contributed by atoms with van der Waals surface area (Å²) in [5, 5.41) is 8.87. The Bertz CT molecular complexity index is 719. The highest BCUT2D eigenvalue weighted by Gasteiger charge is 2.08. The van der Waals surface area contributed by atoms with Gasteiger partial charge in [-0.15, -0.1) is 0 Å². The van der Waals surface area contributed by atoms with E-state index < -0.39 is 5.97 Å². The summed E-state index contributed by atoms with van der Waals surface area (Å²) in [6, 6.07) is 14.0. The van der Waals surface area contributed by atoms with E-state index in [1.807, 2.05) is 12.1 Å². The Morgan fingerprint density at radius 1 is 1.14 bits per heavy atom. The molecule has 0 spiro atoms. The second-order valence-corrected chi connectivity index (χ2v) is 4.46. The molecule has 5 nitrogen and oxygen atoms in total. The van der Waals surface area contributed by atoms with Crippen LogP contribution in [-0.4, -0.2) is 20.2 Å². The molecule has 0 aliphatic heterocycles. The van der Waals surface area contributed by atoms with Crippen LogP contribution in [0.15, 0.2) is 42.5 Å². The molecular weight excluding hydrogens is 282 g/mol. The van der Waals surface area contributed by atoms with Gasteiger partial charge in [0.15, 0.2) is 11.5 Å². The molecular formula is C17H15NO4. The van der Waals surface area contributed by atoms with Gasteiger partial charge in [-0.05, 0) is 29.8 Å². The zero-order valence-corrected chi connectivity index (χ0v) is 12.3. The third kappa shape index (κ3) is 3.55. The molecule has 0 amide bonds. The van der Waals surface area contributed by atoms with Gasteiger partial charge < -0.3 is 14.2 Å². The van der Waals surface area contributed by atoms with Gasteiger partial charge in [0.2, 0.25) is 0 Å². The summed E-state index contributed by atoms with van der Waals surface area (Å²) >= 11 is 0. The van der Waals surface area contributed by atoms with E-state index in [2.05, 4.69) is 4.74 Å². The van der Waals surface area contributed by atoms with Crippen LogP contribution in [0.5, 0.6) is 11.5 Å². The van der Waals surface area contributed by atoms with Gasteiger partial charge in [-0.25, -0.2) is 4.79 Å². The molecule has 0 saturated heterocycles. The molecule has 0 heterocycles. The Balaban J connectivity index is 2.13. The van der Waals surface area contributed by atoms with Crippen LogP contribution in [0.1, 0.15) is 21.5 Å². The summed E-state index contributed by atoms with van der Waals surface area (Å²) in [4.78, 5) is 11.5. The summed E-state index contributed by atoms with van der Waals surface area (Å²) < 4.78 is 15.6. The highest BCUT2D eigenvalue weighted by Crippen LogP contribution is 2.28. The van der Waals surface area contributed by atoms with Gasteiger partial charge in [0.05, 0.1) is 31.4 Å². The lowest BCUT2D eigenvalue weighted by molar-refractivity contribution is 0.0600. The van der Waals surface area contributed by atoms with Crippen molar-refractivity contribution < 1.29 is 19.0 Å². The maximum Gasteiger partial charge on any atom is 0.337 e. The normalized spacial score (nSPS) is 9.68. The van der Waals surface area contributed by atoms with Crippen molar-refractivity contribution in [2.24, 2.45) is 0 Å². The van der Waals surface area contributed by atoms with Crippen LogP contribution in [0.3, 0.4) is 0 Å². The van der Waals surface area contributed by atoms with Gasteiger partial charge in [-0.2, -0.15) is 5.26 Å². The van der Waals surface area contributed by atoms with Gasteiger partial charge in [0.1, 0.15) is 6.61 Å². The molecule has 0 saturated carbocycles. The number of esters is 1. The van der Waals surface area contributed by atoms with E-state index >= 15 is 0 Å². The number of carbonyl (C=O) groups is 1. The molecule has 0 aliphatic carbocycles. The summed E-state index contributed by atoms with van der Waals surface area (Å²) in [6.07, 6.45) is 0. The van der Waals surface area contributed by atoms with E-state index in [-0.39, 0.29) is 6.61 Å². The van der Waals surface area contributed by atoms with Crippen LogP contribution in [-0.2, 0) is 11.3 Å². The van der Waals surface area contributed by atoms with Crippen molar-refractivity contribution in [1.29, 1.82) is 5.26 Å². The number of methoxy groups -OCH3 is 2. The van der Waals surface area contributed by atoms with Crippen LogP contribution < -0.4 is 9.47 Å². The van der Waals surface area contributed by atoms with Gasteiger partial charge >= 0.3 is 5.97 Å². The van der Waals surface area contributed by atoms with Crippen molar-refractivity contribution in [3.8, 4) is 17.6 Å². The molecule has 0 aliphatic rings. The summed E-state index contributed by atoms with van der Waals surface area (Å²) in [5.74, 6) is 0.631. The molecule has 0 N–H and O–H groups in total. The van der Waals surface area contributed by atoms with E-state index in [9.17, 15) is 4.79 Å². The van der Waals surface area contributed by atoms with Gasteiger partial charge in [-0.3, -0.25) is 0 Å². The molecule has 22 heavy (non-hydrogen) atoms. The standard InChI is InChI=1S/C17H15NO4/c1-20-16-9-12(10-18)6-7-15(16)22-11-13-4-3-5-14(8-13)17(19)21-2/h3-9H,11H2,1-2H3. The maximum atomic E-state index is 11.5. The number of benzene rings is 2. The molecule has 112 valence electrons. The first kappa shape index (κ1) is 15.4. The number of rotatable bonds is 5. The Hall–Kier alpha value is -3.00. The Morgan fingerprint density at radius 3 is 2.64 bits per heavy atom. The van der Waals surface area contributed by atoms with Crippen molar-refractivity contribution >= 4 is 5.97 Å². The van der Waals surface area contributed by atoms with Crippen LogP contribution in [0.4, 0.5) is 0 Å². The average molecular weight is 297 g/mol. The largest absolute Gasteiger partial charge is 0.493 e. The number of hydrogen-bond acceptors (Lipinski definition) is 5. The minimum Gasteiger partial charge on any atom is -0.493 e. The van der Waals surface area contributed by atoms with Crippen molar-refractivity contribution in [2.75, 3.05) is 14.2 Å². The molecule has 0 atom stereocenters. The number of nitriles is 1. The van der Waals surface area contributed by atoms with E-state index in [4.69, 9.17) is 14.7 Å². The molecule has 0 unspecified atom stereocenters. The zero-order chi connectivity index (χ0) is 15.9. The van der Waals surface area contributed by atoms with Crippen LogP contribution in [0.2, 0.25) is 0 Å². The number of carbonyl (C=O) groups excluding carboxylic acids is 1. The van der Waals surface area contributed by atoms with Crippen molar-refractivity contribution in [2.45, 2.75) is 6.61 Å². The van der Waals surface area contributed by atoms with E-state index in [1.165, 1.54) is 14.2 Å². The van der Waals surface area contributed by atoms with Crippen LogP contribution in [0, 0.1) is 11.3 Å². The lowest BCUT2D eigenvalue weighted by atomic mass is 10.1. The van der Waals surface area contributed by atoms with E-state index in [1.54, 1.807) is 36.4 Å². The molecule has 2 rings (SSSR count). The predicted octanol–water partition coefficient (Wildman–Crippen LogP) is 2.93. The summed E-state index contributed by atoms with van der Waals surface area (Å²) in [7, 11) is 2.86. The SMILES string of the molecule is COC(=O)c1cccc(COc2ccc(C#N)cc2OC)c1. The second kappa shape index (κ2) is 7.14. The molecule has 5 heteroatoms. The fourth-order valence-electron chi connectivity index (χ4n) is 1.92. The van der Waals surface area contributed by atoms with Crippen molar-refractivity contribution in [1.82, 2.24) is 0 Å². The third-order valence-corrected chi connectivity index (χ3v) is 3.04. The summed E-state index contributed by atoms with van der Waals surface area (Å²) in [5.41, 5.74) is 1.79. The van der Waals surface area contributed by atoms with Gasteiger partial charge in [-0.1, -0.05) is 12.1 Å². The smallest absolute Gasteiger partial charge is 0.337 e. The minimum atomic E-state index is -0.391. The number of nitrogens with zero attached hydrogens (tertiary/aromatic N) is 1. The molecule has 0 bridgehead atoms.